The molecule has 3 rings (SSSR count). The van der Waals surface area contributed by atoms with Crippen molar-refractivity contribution in [2.45, 2.75) is 12.3 Å². The van der Waals surface area contributed by atoms with Crippen LogP contribution in [0.1, 0.15) is 28.3 Å². The quantitative estimate of drug-likeness (QED) is 0.485. The Morgan fingerprint density at radius 1 is 1.17 bits per heavy atom. The van der Waals surface area contributed by atoms with Crippen molar-refractivity contribution in [1.29, 1.82) is 0 Å². The fourth-order valence-electron chi connectivity index (χ4n) is 2.82. The maximum absolute atomic E-state index is 12.6. The molecule has 6 nitrogen and oxygen atoms in total. The minimum absolute atomic E-state index is 0.0763. The Labute approximate surface area is 142 Å². The number of nitrogens with zero attached hydrogens (tertiary/aromatic N) is 2. The molecule has 24 heavy (non-hydrogen) atoms. The number of para-hydroxylation sites is 1. The second-order valence-electron chi connectivity index (χ2n) is 5.54. The highest BCUT2D eigenvalue weighted by Gasteiger charge is 2.37. The Balaban J connectivity index is 1.85. The molecule has 122 valence electrons. The summed E-state index contributed by atoms with van der Waals surface area (Å²) in [4.78, 5) is 36.4. The van der Waals surface area contributed by atoms with Crippen LogP contribution in [0.15, 0.2) is 48.5 Å². The molecule has 1 unspecified atom stereocenters. The van der Waals surface area contributed by atoms with Gasteiger partial charge in [0.15, 0.2) is 0 Å². The predicted molar refractivity (Wildman–Crippen MR) is 87.9 cm³/mol. The average Bonchev–Trinajstić information content (AvgIpc) is 2.96. The van der Waals surface area contributed by atoms with Gasteiger partial charge in [-0.3, -0.25) is 24.6 Å². The minimum Gasteiger partial charge on any atom is -0.278 e. The van der Waals surface area contributed by atoms with Gasteiger partial charge in [0.1, 0.15) is 5.56 Å². The Morgan fingerprint density at radius 3 is 2.50 bits per heavy atom. The largest absolute Gasteiger partial charge is 0.282 e. The lowest BCUT2D eigenvalue weighted by molar-refractivity contribution is -0.385. The molecule has 1 saturated heterocycles. The second kappa shape index (κ2) is 6.41. The number of carbonyl (C=O) groups is 2. The van der Waals surface area contributed by atoms with Crippen LogP contribution in [0.4, 0.5) is 5.69 Å². The Bertz CT molecular complexity index is 820. The smallest absolute Gasteiger partial charge is 0.278 e. The number of rotatable bonds is 3. The van der Waals surface area contributed by atoms with Crippen molar-refractivity contribution in [2.24, 2.45) is 0 Å². The summed E-state index contributed by atoms with van der Waals surface area (Å²) in [7, 11) is 0. The molecule has 2 aromatic rings. The van der Waals surface area contributed by atoms with Crippen molar-refractivity contribution in [2.75, 3.05) is 6.54 Å². The number of nitro benzene ring substituents is 1. The van der Waals surface area contributed by atoms with Crippen LogP contribution in [0.25, 0.3) is 0 Å². The molecule has 1 heterocycles. The van der Waals surface area contributed by atoms with E-state index in [2.05, 4.69) is 0 Å². The lowest BCUT2D eigenvalue weighted by Crippen LogP contribution is -2.32. The number of carbonyl (C=O) groups excluding carboxylic acids is 2. The molecule has 2 aromatic carbocycles. The Kier molecular flexibility index (Phi) is 4.31. The maximum atomic E-state index is 12.6. The molecule has 2 amide bonds. The van der Waals surface area contributed by atoms with Gasteiger partial charge in [0, 0.05) is 30.0 Å². The van der Waals surface area contributed by atoms with Gasteiger partial charge < -0.3 is 0 Å². The van der Waals surface area contributed by atoms with Gasteiger partial charge in [-0.25, -0.2) is 0 Å². The minimum atomic E-state index is -0.635. The molecule has 0 bridgehead atoms. The van der Waals surface area contributed by atoms with Crippen molar-refractivity contribution in [3.05, 3.63) is 74.8 Å². The summed E-state index contributed by atoms with van der Waals surface area (Å²) in [6.45, 7) is 0.200. The van der Waals surface area contributed by atoms with Crippen molar-refractivity contribution in [3.63, 3.8) is 0 Å². The van der Waals surface area contributed by atoms with E-state index in [1.54, 1.807) is 12.1 Å². The lowest BCUT2D eigenvalue weighted by Gasteiger charge is -2.15. The monoisotopic (exact) mass is 344 g/mol. The molecule has 0 saturated carbocycles. The van der Waals surface area contributed by atoms with Crippen molar-refractivity contribution < 1.29 is 14.5 Å². The summed E-state index contributed by atoms with van der Waals surface area (Å²) in [6.07, 6.45) is 0.188. The number of hydrogen-bond donors (Lipinski definition) is 0. The zero-order valence-electron chi connectivity index (χ0n) is 12.5. The van der Waals surface area contributed by atoms with Gasteiger partial charge in [-0.1, -0.05) is 35.9 Å². The predicted octanol–water partition coefficient (Wildman–Crippen LogP) is 3.40. The molecule has 0 radical (unpaired) electrons. The zero-order chi connectivity index (χ0) is 17.3. The lowest BCUT2D eigenvalue weighted by atomic mass is 9.98. The summed E-state index contributed by atoms with van der Waals surface area (Å²) in [5.74, 6) is -1.11. The second-order valence-corrected chi connectivity index (χ2v) is 5.97. The molecular weight excluding hydrogens is 332 g/mol. The van der Waals surface area contributed by atoms with E-state index in [9.17, 15) is 19.7 Å². The standard InChI is InChI=1S/C17H13ClN2O4/c18-13-7-5-11(6-8-13)12-9-16(21)19(10-12)17(22)14-3-1-2-4-15(14)20(23)24/h1-8,12H,9-10H2. The van der Waals surface area contributed by atoms with E-state index in [0.29, 0.717) is 5.02 Å². The molecule has 0 spiro atoms. The number of amides is 2. The highest BCUT2D eigenvalue weighted by atomic mass is 35.5. The SMILES string of the molecule is O=C1CC(c2ccc(Cl)cc2)CN1C(=O)c1ccccc1[N+](=O)[O-]. The van der Waals surface area contributed by atoms with Gasteiger partial charge in [0.25, 0.3) is 11.6 Å². The van der Waals surface area contributed by atoms with E-state index in [1.165, 1.54) is 24.3 Å². The van der Waals surface area contributed by atoms with Gasteiger partial charge >= 0.3 is 0 Å². The third-order valence-electron chi connectivity index (χ3n) is 4.04. The summed E-state index contributed by atoms with van der Waals surface area (Å²) in [6, 6.07) is 12.7. The average molecular weight is 345 g/mol. The van der Waals surface area contributed by atoms with Crippen molar-refractivity contribution >= 4 is 29.1 Å². The van der Waals surface area contributed by atoms with Gasteiger partial charge in [-0.15, -0.1) is 0 Å². The third kappa shape index (κ3) is 3.00. The Morgan fingerprint density at radius 2 is 1.83 bits per heavy atom. The Hall–Kier alpha value is -2.73. The van der Waals surface area contributed by atoms with Crippen LogP contribution in [0.5, 0.6) is 0 Å². The maximum Gasteiger partial charge on any atom is 0.282 e. The fourth-order valence-corrected chi connectivity index (χ4v) is 2.95. The number of imide groups is 1. The van der Waals surface area contributed by atoms with E-state index >= 15 is 0 Å². The third-order valence-corrected chi connectivity index (χ3v) is 4.29. The van der Waals surface area contributed by atoms with Crippen LogP contribution < -0.4 is 0 Å². The highest BCUT2D eigenvalue weighted by Crippen LogP contribution is 2.31. The first kappa shape index (κ1) is 16.1. The number of hydrogen-bond acceptors (Lipinski definition) is 4. The number of halogens is 1. The van der Waals surface area contributed by atoms with Crippen LogP contribution in [0.3, 0.4) is 0 Å². The normalized spacial score (nSPS) is 17.1. The summed E-state index contributed by atoms with van der Waals surface area (Å²) < 4.78 is 0. The van der Waals surface area contributed by atoms with E-state index in [0.717, 1.165) is 10.5 Å². The molecule has 0 N–H and O–H groups in total. The summed E-state index contributed by atoms with van der Waals surface area (Å²) in [5.41, 5.74) is 0.531. The van der Waals surface area contributed by atoms with Crippen LogP contribution in [0, 0.1) is 10.1 Å². The molecule has 7 heteroatoms. The van der Waals surface area contributed by atoms with Crippen LogP contribution in [0.2, 0.25) is 5.02 Å². The van der Waals surface area contributed by atoms with Crippen LogP contribution >= 0.6 is 11.6 Å². The molecular formula is C17H13ClN2O4. The first-order valence-electron chi connectivity index (χ1n) is 7.31. The van der Waals surface area contributed by atoms with Crippen LogP contribution in [-0.2, 0) is 4.79 Å². The van der Waals surface area contributed by atoms with E-state index in [-0.39, 0.29) is 36.0 Å². The van der Waals surface area contributed by atoms with Crippen molar-refractivity contribution in [3.8, 4) is 0 Å². The first-order valence-corrected chi connectivity index (χ1v) is 7.68. The van der Waals surface area contributed by atoms with Gasteiger partial charge in [-0.05, 0) is 23.8 Å². The van der Waals surface area contributed by atoms with E-state index in [1.807, 2.05) is 12.1 Å². The van der Waals surface area contributed by atoms with Gasteiger partial charge in [-0.2, -0.15) is 0 Å². The summed E-state index contributed by atoms with van der Waals surface area (Å²) in [5, 5.41) is 11.7. The first-order chi connectivity index (χ1) is 11.5. The number of nitro groups is 1. The zero-order valence-corrected chi connectivity index (χ0v) is 13.3. The molecule has 1 fully saturated rings. The van der Waals surface area contributed by atoms with E-state index < -0.39 is 10.8 Å². The molecule has 1 atom stereocenters. The molecule has 0 aliphatic carbocycles. The van der Waals surface area contributed by atoms with Gasteiger partial charge in [0.2, 0.25) is 5.91 Å². The molecule has 1 aliphatic heterocycles. The molecule has 0 aromatic heterocycles. The number of benzene rings is 2. The fraction of sp³-hybridized carbons (Fsp3) is 0.176. The number of likely N-dealkylation sites (tertiary alicyclic amines) is 1. The summed E-state index contributed by atoms with van der Waals surface area (Å²) >= 11 is 5.86. The highest BCUT2D eigenvalue weighted by molar-refractivity contribution is 6.30. The topological polar surface area (TPSA) is 80.5 Å². The molecule has 1 aliphatic rings. The van der Waals surface area contributed by atoms with Crippen LogP contribution in [-0.4, -0.2) is 28.2 Å². The van der Waals surface area contributed by atoms with E-state index in [4.69, 9.17) is 11.6 Å². The van der Waals surface area contributed by atoms with Crippen molar-refractivity contribution in [1.82, 2.24) is 4.90 Å². The van der Waals surface area contributed by atoms with Gasteiger partial charge in [0.05, 0.1) is 4.92 Å².